The number of carbonyl (C=O) groups excluding carboxylic acids is 9. The molecule has 2 saturated heterocycles. The molecule has 5 fully saturated rings. The van der Waals surface area contributed by atoms with Crippen molar-refractivity contribution in [3.05, 3.63) is 119 Å². The minimum Gasteiger partial charge on any atom is -0.447 e. The lowest BCUT2D eigenvalue weighted by molar-refractivity contribution is -0.254. The normalized spacial score (nSPS) is 25.3. The number of nitrogens with two attached hydrogens (primary N) is 1. The number of fused-ring (bicyclic) bond motifs is 9. The number of alkyl halides is 1. The molecular weight excluding hydrogens is 1400 g/mol. The summed E-state index contributed by atoms with van der Waals surface area (Å²) in [5.41, 5.74) is 4.36. The first-order valence-corrected chi connectivity index (χ1v) is 37.6. The number of hydrogen-bond donors (Lipinski definition) is 8. The van der Waals surface area contributed by atoms with Gasteiger partial charge < -0.3 is 95.1 Å². The van der Waals surface area contributed by atoms with E-state index in [-0.39, 0.29) is 147 Å². The summed E-state index contributed by atoms with van der Waals surface area (Å²) in [6.07, 6.45) is 1.61. The van der Waals surface area contributed by atoms with Crippen molar-refractivity contribution in [2.24, 2.45) is 34.3 Å². The van der Waals surface area contributed by atoms with E-state index in [1.54, 1.807) is 56.0 Å². The topological polar surface area (TPSA) is 364 Å². The van der Waals surface area contributed by atoms with Gasteiger partial charge >= 0.3 is 18.2 Å². The largest absolute Gasteiger partial charge is 0.447 e. The first kappa shape index (κ1) is 81.7. The van der Waals surface area contributed by atoms with E-state index in [0.717, 1.165) is 23.1 Å². The molecule has 7 aliphatic rings. The Hall–Kier alpha value is -8.86. The second-order valence-electron chi connectivity index (χ2n) is 29.3. The molecule has 10 rings (SSSR count). The lowest BCUT2D eigenvalue weighted by atomic mass is 9.44. The monoisotopic (exact) mass is 1500 g/mol. The highest BCUT2D eigenvalue weighted by Crippen LogP contribution is 2.72. The predicted octanol–water partition coefficient (Wildman–Crippen LogP) is 6.01. The number of urea groups is 1. The second-order valence-corrected chi connectivity index (χ2v) is 29.3. The SMILES string of the molecule is CCCC1O[C@@H]2C[C@H]3[C@@H]4CCC5=CC(=O)C=C[C@]5(C)[C@@]4(F)[C@@H](O)C[C@]3(C)[C@]2(C(O)COC(=O)N2CCN(C(=O)OCc3ccc(NC(=O)[C@H](CCCNC(N)=O)NC(=O)[C@@H](NC(=O)CCOCCOCCOCCOCCNC(=O)CCC(=O)N4Cc5ccccc5C#Cc5ccccc54)C(C)C)cc3)CC2)O1. The number of ketones is 1. The molecule has 3 saturated carbocycles. The number of amides is 9. The van der Waals surface area contributed by atoms with Crippen LogP contribution in [0.3, 0.4) is 0 Å². The zero-order valence-corrected chi connectivity index (χ0v) is 62.3. The number of carbonyl (C=O) groups is 9. The van der Waals surface area contributed by atoms with Gasteiger partial charge in [-0.05, 0) is 117 Å². The van der Waals surface area contributed by atoms with Crippen LogP contribution >= 0.6 is 0 Å². The Balaban J connectivity index is 0.583. The van der Waals surface area contributed by atoms with E-state index in [4.69, 9.17) is 43.6 Å². The average Bonchev–Trinajstić information content (AvgIpc) is 1.50. The van der Waals surface area contributed by atoms with E-state index in [1.165, 1.54) is 22.0 Å². The smallest absolute Gasteiger partial charge is 0.410 e. The Bertz CT molecular complexity index is 3820. The number of primary amides is 1. The number of aliphatic hydroxyl groups excluding tert-OH is 2. The second kappa shape index (κ2) is 37.5. The van der Waals surface area contributed by atoms with E-state index in [1.807, 2.05) is 62.4 Å². The van der Waals surface area contributed by atoms with Crippen molar-refractivity contribution in [2.75, 3.05) is 109 Å². The minimum absolute atomic E-state index is 0.0256. The maximum atomic E-state index is 18.0. The molecule has 0 aromatic heterocycles. The molecule has 12 atom stereocenters. The molecule has 586 valence electrons. The van der Waals surface area contributed by atoms with E-state index in [0.29, 0.717) is 74.6 Å². The van der Waals surface area contributed by atoms with Crippen molar-refractivity contribution in [2.45, 2.75) is 166 Å². The maximum Gasteiger partial charge on any atom is 0.410 e. The summed E-state index contributed by atoms with van der Waals surface area (Å²) in [5.74, 6) is 2.67. The van der Waals surface area contributed by atoms with Gasteiger partial charge in [0.2, 0.25) is 29.5 Å². The van der Waals surface area contributed by atoms with Gasteiger partial charge in [-0.1, -0.05) is 100 Å². The van der Waals surface area contributed by atoms with Crippen LogP contribution in [-0.4, -0.2) is 220 Å². The first-order chi connectivity index (χ1) is 51.9. The molecule has 28 nitrogen and oxygen atoms in total. The number of ether oxygens (including phenoxy) is 8. The minimum atomic E-state index is -2.10. The van der Waals surface area contributed by atoms with Gasteiger partial charge in [-0.2, -0.15) is 0 Å². The quantitative estimate of drug-likeness (QED) is 0.0247. The number of nitrogens with one attached hydrogen (secondary N) is 5. The Labute approximate surface area is 629 Å². The molecule has 3 aromatic rings. The number of halogens is 1. The lowest BCUT2D eigenvalue weighted by Gasteiger charge is -2.63. The van der Waals surface area contributed by atoms with Crippen LogP contribution in [0.15, 0.2) is 96.6 Å². The molecule has 0 radical (unpaired) electrons. The van der Waals surface area contributed by atoms with Gasteiger partial charge in [-0.25, -0.2) is 18.8 Å². The van der Waals surface area contributed by atoms with Crippen LogP contribution < -0.4 is 37.2 Å². The lowest BCUT2D eigenvalue weighted by Crippen LogP contribution is -2.70. The van der Waals surface area contributed by atoms with Gasteiger partial charge in [0.05, 0.1) is 77.3 Å². The molecule has 3 aliphatic heterocycles. The highest BCUT2D eigenvalue weighted by atomic mass is 19.1. The molecule has 0 spiro atoms. The van der Waals surface area contributed by atoms with Crippen LogP contribution in [0.25, 0.3) is 0 Å². The van der Waals surface area contributed by atoms with E-state index in [9.17, 15) is 53.4 Å². The van der Waals surface area contributed by atoms with E-state index >= 15 is 4.39 Å². The molecule has 3 heterocycles. The van der Waals surface area contributed by atoms with Crippen LogP contribution in [0.4, 0.5) is 30.1 Å². The number of piperazine rings is 1. The molecule has 108 heavy (non-hydrogen) atoms. The molecule has 9 amide bonds. The summed E-state index contributed by atoms with van der Waals surface area (Å²) < 4.78 is 65.0. The summed E-state index contributed by atoms with van der Waals surface area (Å²) in [6.45, 7) is 11.6. The van der Waals surface area contributed by atoms with Crippen LogP contribution in [0, 0.1) is 40.4 Å². The standard InChI is InChI=1S/C79H104FN9O19/c1-6-12-69-107-65-46-60-59-25-22-56-45-58(90)28-30-76(56,4)78(59,80)63(91)47-77(60,5)79(65,108-69)64(92)50-106-75(100)88-35-33-87(34-36-88)74(99)105-49-52-18-23-57(24-19-52)84-71(96)61(16-11-31-83-73(81)98)85-72(97)70(51(2)3)86-67(94)29-37-101-39-41-103-43-44-104-42-40-102-38-32-82-66(93)26-27-68(95)89-48-55-15-8-7-13-53(55)20-21-54-14-9-10-17-62(54)89/h7-10,13-15,17-19,23-24,28,30,45,51,59-61,63-65,69-70,91-92H,6,11-12,16,22,25-27,29,31-44,46-50H2,1-5H3,(H,82,93)(H,84,96)(H,85,97)(H,86,94)(H3,81,83,98)/t59-,60-,61-,63-,64?,65+,69?,70-,76-,77-,78-,79+/m0/s1. The Morgan fingerprint density at radius 3 is 2.08 bits per heavy atom. The van der Waals surface area contributed by atoms with Crippen LogP contribution in [0.1, 0.15) is 128 Å². The molecule has 4 aliphatic carbocycles. The van der Waals surface area contributed by atoms with Crippen molar-refractivity contribution in [3.8, 4) is 11.8 Å². The highest BCUT2D eigenvalue weighted by Gasteiger charge is 2.79. The highest BCUT2D eigenvalue weighted by molar-refractivity contribution is 6.01. The zero-order valence-electron chi connectivity index (χ0n) is 62.3. The van der Waals surface area contributed by atoms with Gasteiger partial charge in [0.1, 0.15) is 37.0 Å². The number of anilines is 2. The number of para-hydroxylation sites is 1. The van der Waals surface area contributed by atoms with Crippen LogP contribution in [0.2, 0.25) is 0 Å². The molecule has 29 heteroatoms. The Morgan fingerprint density at radius 1 is 0.750 bits per heavy atom. The third-order valence-corrected chi connectivity index (χ3v) is 22.0. The Morgan fingerprint density at radius 2 is 1.40 bits per heavy atom. The van der Waals surface area contributed by atoms with Crippen LogP contribution in [0.5, 0.6) is 0 Å². The molecular formula is C79H104FN9O19. The van der Waals surface area contributed by atoms with Crippen molar-refractivity contribution in [1.82, 2.24) is 31.1 Å². The third kappa shape index (κ3) is 19.2. The number of aliphatic hydroxyl groups is 2. The summed E-state index contributed by atoms with van der Waals surface area (Å²) >= 11 is 0. The van der Waals surface area contributed by atoms with Crippen molar-refractivity contribution >= 4 is 64.9 Å². The molecule has 3 aromatic carbocycles. The van der Waals surface area contributed by atoms with Gasteiger partial charge in [0.15, 0.2) is 17.7 Å². The average molecular weight is 1500 g/mol. The summed E-state index contributed by atoms with van der Waals surface area (Å²) in [6, 6.07) is 18.8. The van der Waals surface area contributed by atoms with Crippen molar-refractivity contribution in [3.63, 3.8) is 0 Å². The molecule has 2 unspecified atom stereocenters. The zero-order chi connectivity index (χ0) is 77.2. The van der Waals surface area contributed by atoms with Crippen molar-refractivity contribution < 1.29 is 95.6 Å². The fourth-order valence-electron chi connectivity index (χ4n) is 16.3. The van der Waals surface area contributed by atoms with E-state index < -0.39 is 107 Å². The Kier molecular flexibility index (Phi) is 28.4. The maximum absolute atomic E-state index is 18.0. The number of hydrogen-bond acceptors (Lipinski definition) is 19. The summed E-state index contributed by atoms with van der Waals surface area (Å²) in [4.78, 5) is 122. The van der Waals surface area contributed by atoms with Gasteiger partial charge in [0.25, 0.3) is 0 Å². The first-order valence-electron chi connectivity index (χ1n) is 37.6. The summed E-state index contributed by atoms with van der Waals surface area (Å²) in [7, 11) is 0. The van der Waals surface area contributed by atoms with E-state index in [2.05, 4.69) is 38.4 Å². The third-order valence-electron chi connectivity index (χ3n) is 22.0. The molecule has 9 N–H and O–H groups in total. The van der Waals surface area contributed by atoms with Gasteiger partial charge in [0, 0.05) is 92.1 Å². The summed E-state index contributed by atoms with van der Waals surface area (Å²) in [5, 5.41) is 37.9. The fraction of sp³-hybridized carbons (Fsp3) is 0.582. The number of allylic oxidation sites excluding steroid dienone is 4. The fourth-order valence-corrected chi connectivity index (χ4v) is 16.3. The van der Waals surface area contributed by atoms with Gasteiger partial charge in [-0.15, -0.1) is 0 Å². The predicted molar refractivity (Wildman–Crippen MR) is 393 cm³/mol. The van der Waals surface area contributed by atoms with Crippen molar-refractivity contribution in [1.29, 1.82) is 0 Å². The van der Waals surface area contributed by atoms with Gasteiger partial charge in [-0.3, -0.25) is 28.8 Å². The number of rotatable bonds is 35. The number of benzene rings is 3. The number of nitrogens with zero attached hydrogens (tertiary/aromatic N) is 3. The molecule has 0 bridgehead atoms. The van der Waals surface area contributed by atoms with Crippen LogP contribution in [-0.2, 0) is 79.8 Å².